The van der Waals surface area contributed by atoms with Crippen molar-refractivity contribution in [2.75, 3.05) is 20.8 Å². The van der Waals surface area contributed by atoms with Gasteiger partial charge in [0.1, 0.15) is 18.3 Å². The van der Waals surface area contributed by atoms with Crippen molar-refractivity contribution >= 4 is 11.9 Å². The number of hydrogen-bond donors (Lipinski definition) is 2. The fourth-order valence-corrected chi connectivity index (χ4v) is 3.22. The molecule has 0 aliphatic carbocycles. The number of esters is 1. The second-order valence-electron chi connectivity index (χ2n) is 6.90. The van der Waals surface area contributed by atoms with Crippen LogP contribution in [0.15, 0.2) is 12.2 Å². The average molecular weight is 373 g/mol. The Kier molecular flexibility index (Phi) is 6.09. The molecule has 0 saturated carbocycles. The van der Waals surface area contributed by atoms with Crippen LogP contribution in [0, 0.1) is 0 Å². The van der Waals surface area contributed by atoms with E-state index in [-0.39, 0.29) is 18.9 Å². The van der Waals surface area contributed by atoms with Gasteiger partial charge in [-0.1, -0.05) is 6.58 Å². The van der Waals surface area contributed by atoms with Crippen molar-refractivity contribution in [3.05, 3.63) is 12.2 Å². The van der Waals surface area contributed by atoms with E-state index < -0.39 is 41.9 Å². The van der Waals surface area contributed by atoms with Crippen LogP contribution in [0.25, 0.3) is 0 Å². The number of carbonyl (C=O) groups excluding carboxylic acids is 2. The summed E-state index contributed by atoms with van der Waals surface area (Å²) >= 11 is 0. The van der Waals surface area contributed by atoms with Crippen LogP contribution < -0.4 is 5.32 Å². The number of aliphatic hydroxyl groups is 1. The number of amides is 1. The van der Waals surface area contributed by atoms with Gasteiger partial charge in [0.2, 0.25) is 5.91 Å². The fourth-order valence-electron chi connectivity index (χ4n) is 3.22. The quantitative estimate of drug-likeness (QED) is 0.506. The zero-order valence-corrected chi connectivity index (χ0v) is 15.7. The van der Waals surface area contributed by atoms with E-state index in [9.17, 15) is 14.7 Å². The predicted molar refractivity (Wildman–Crippen MR) is 88.9 cm³/mol. The normalized spacial score (nSPS) is 35.0. The zero-order valence-electron chi connectivity index (χ0n) is 15.7. The molecule has 2 aliphatic heterocycles. The van der Waals surface area contributed by atoms with E-state index in [2.05, 4.69) is 11.9 Å². The highest BCUT2D eigenvalue weighted by Crippen LogP contribution is 2.37. The lowest BCUT2D eigenvalue weighted by atomic mass is 9.87. The van der Waals surface area contributed by atoms with E-state index in [1.807, 2.05) is 0 Å². The monoisotopic (exact) mass is 373 g/mol. The maximum atomic E-state index is 12.2. The Morgan fingerprint density at radius 3 is 2.46 bits per heavy atom. The van der Waals surface area contributed by atoms with Crippen LogP contribution in [0.3, 0.4) is 0 Å². The third-order valence-corrected chi connectivity index (χ3v) is 4.49. The summed E-state index contributed by atoms with van der Waals surface area (Å²) in [4.78, 5) is 23.9. The number of carbonyl (C=O) groups is 2. The number of aliphatic hydroxyl groups excluding tert-OH is 1. The van der Waals surface area contributed by atoms with Gasteiger partial charge in [-0.2, -0.15) is 0 Å². The van der Waals surface area contributed by atoms with Crippen molar-refractivity contribution in [2.24, 2.45) is 0 Å². The van der Waals surface area contributed by atoms with Gasteiger partial charge < -0.3 is 34.1 Å². The van der Waals surface area contributed by atoms with Gasteiger partial charge in [0, 0.05) is 20.5 Å². The first-order chi connectivity index (χ1) is 12.0. The van der Waals surface area contributed by atoms with Crippen molar-refractivity contribution in [1.29, 1.82) is 0 Å². The predicted octanol–water partition coefficient (Wildman–Crippen LogP) is -0.136. The fraction of sp³-hybridized carbons (Fsp3) is 0.765. The SMILES string of the molecule is C=C1C[C@@](OC)(C(=O)OC)O[C@@H]([C@H](O)[C@H]2COC(C)(C)O2)[C@@H]1NC(C)=O. The minimum absolute atomic E-state index is 0.0299. The molecule has 0 spiro atoms. The highest BCUT2D eigenvalue weighted by atomic mass is 16.8. The molecule has 5 atom stereocenters. The van der Waals surface area contributed by atoms with Crippen molar-refractivity contribution in [1.82, 2.24) is 5.32 Å². The van der Waals surface area contributed by atoms with Gasteiger partial charge in [-0.05, 0) is 19.4 Å². The molecule has 26 heavy (non-hydrogen) atoms. The molecule has 1 amide bonds. The Labute approximate surface area is 152 Å². The van der Waals surface area contributed by atoms with E-state index in [1.54, 1.807) is 13.8 Å². The third kappa shape index (κ3) is 4.07. The van der Waals surface area contributed by atoms with Crippen molar-refractivity contribution in [2.45, 2.75) is 63.1 Å². The lowest BCUT2D eigenvalue weighted by molar-refractivity contribution is -0.282. The standard InChI is InChI=1S/C17H27NO8/c1-9-7-17(23-6,15(21)22-5)26-14(12(9)18-10(2)19)13(20)11-8-24-16(3,4)25-11/h11-14,20H,1,7-8H2,2-6H3,(H,18,19)/t11-,12-,13-,14-,17+/m1/s1. The Bertz CT molecular complexity index is 577. The summed E-state index contributed by atoms with van der Waals surface area (Å²) in [5, 5.41) is 13.6. The molecule has 0 aromatic heterocycles. The Morgan fingerprint density at radius 2 is 2.00 bits per heavy atom. The molecular formula is C17H27NO8. The Hall–Kier alpha value is -1.52. The molecule has 2 N–H and O–H groups in total. The van der Waals surface area contributed by atoms with Crippen LogP contribution in [0.1, 0.15) is 27.2 Å². The first-order valence-electron chi connectivity index (χ1n) is 8.31. The van der Waals surface area contributed by atoms with Gasteiger partial charge in [-0.15, -0.1) is 0 Å². The molecule has 9 heteroatoms. The minimum Gasteiger partial charge on any atom is -0.465 e. The van der Waals surface area contributed by atoms with Crippen LogP contribution in [0.5, 0.6) is 0 Å². The molecule has 148 valence electrons. The number of hydrogen-bond acceptors (Lipinski definition) is 8. The smallest absolute Gasteiger partial charge is 0.366 e. The largest absolute Gasteiger partial charge is 0.465 e. The van der Waals surface area contributed by atoms with Crippen LogP contribution in [-0.2, 0) is 33.3 Å². The summed E-state index contributed by atoms with van der Waals surface area (Å²) in [6.07, 6.45) is -3.02. The highest BCUT2D eigenvalue weighted by molar-refractivity contribution is 5.79. The maximum absolute atomic E-state index is 12.2. The van der Waals surface area contributed by atoms with E-state index >= 15 is 0 Å². The van der Waals surface area contributed by atoms with Crippen LogP contribution in [0.2, 0.25) is 0 Å². The molecule has 2 fully saturated rings. The molecule has 2 aliphatic rings. The average Bonchev–Trinajstić information content (AvgIpc) is 2.94. The Morgan fingerprint density at radius 1 is 1.35 bits per heavy atom. The molecule has 9 nitrogen and oxygen atoms in total. The topological polar surface area (TPSA) is 113 Å². The van der Waals surface area contributed by atoms with Gasteiger partial charge in [-0.25, -0.2) is 4.79 Å². The van der Waals surface area contributed by atoms with E-state index in [0.29, 0.717) is 5.57 Å². The zero-order chi connectivity index (χ0) is 19.7. The summed E-state index contributed by atoms with van der Waals surface area (Å²) in [7, 11) is 2.50. The summed E-state index contributed by atoms with van der Waals surface area (Å²) in [6, 6.07) is -0.734. The molecule has 0 unspecified atom stereocenters. The number of methoxy groups -OCH3 is 2. The summed E-state index contributed by atoms with van der Waals surface area (Å²) < 4.78 is 27.1. The van der Waals surface area contributed by atoms with Crippen molar-refractivity contribution < 1.29 is 38.4 Å². The van der Waals surface area contributed by atoms with Gasteiger partial charge in [-0.3, -0.25) is 4.79 Å². The lowest BCUT2D eigenvalue weighted by Gasteiger charge is -2.45. The van der Waals surface area contributed by atoms with Crippen LogP contribution in [0.4, 0.5) is 0 Å². The molecule has 0 aromatic carbocycles. The number of ether oxygens (including phenoxy) is 5. The second-order valence-corrected chi connectivity index (χ2v) is 6.90. The van der Waals surface area contributed by atoms with Gasteiger partial charge in [0.15, 0.2) is 5.79 Å². The van der Waals surface area contributed by atoms with Gasteiger partial charge in [0.05, 0.1) is 19.8 Å². The molecule has 0 bridgehead atoms. The summed E-state index contributed by atoms with van der Waals surface area (Å²) in [6.45, 7) is 8.85. The van der Waals surface area contributed by atoms with Crippen LogP contribution >= 0.6 is 0 Å². The van der Waals surface area contributed by atoms with Gasteiger partial charge in [0.25, 0.3) is 5.79 Å². The molecule has 2 heterocycles. The van der Waals surface area contributed by atoms with Crippen molar-refractivity contribution in [3.8, 4) is 0 Å². The molecule has 0 radical (unpaired) electrons. The summed E-state index contributed by atoms with van der Waals surface area (Å²) in [5.41, 5.74) is 0.459. The first-order valence-corrected chi connectivity index (χ1v) is 8.31. The number of rotatable bonds is 5. The van der Waals surface area contributed by atoms with E-state index in [1.165, 1.54) is 21.1 Å². The number of nitrogens with one attached hydrogen (secondary N) is 1. The highest BCUT2D eigenvalue weighted by Gasteiger charge is 2.54. The van der Waals surface area contributed by atoms with Gasteiger partial charge >= 0.3 is 5.97 Å². The van der Waals surface area contributed by atoms with Crippen molar-refractivity contribution in [3.63, 3.8) is 0 Å². The summed E-state index contributed by atoms with van der Waals surface area (Å²) in [5.74, 6) is -3.71. The maximum Gasteiger partial charge on any atom is 0.366 e. The van der Waals surface area contributed by atoms with E-state index in [0.717, 1.165) is 0 Å². The second kappa shape index (κ2) is 7.61. The lowest BCUT2D eigenvalue weighted by Crippen LogP contribution is -2.63. The molecule has 2 saturated heterocycles. The van der Waals surface area contributed by atoms with E-state index in [4.69, 9.17) is 23.7 Å². The third-order valence-electron chi connectivity index (χ3n) is 4.49. The minimum atomic E-state index is -1.76. The Balaban J connectivity index is 2.33. The molecular weight excluding hydrogens is 346 g/mol. The first kappa shape index (κ1) is 20.8. The van der Waals surface area contributed by atoms with Crippen LogP contribution in [-0.4, -0.2) is 73.7 Å². The molecule has 2 rings (SSSR count). The molecule has 0 aromatic rings.